The third-order valence-electron chi connectivity index (χ3n) is 143. The molecule has 0 heterocycles. The van der Waals surface area contributed by atoms with E-state index in [9.17, 15) is 0 Å². The molecule has 0 aromatic rings. The molecule has 0 radical (unpaired) electrons. The van der Waals surface area contributed by atoms with Gasteiger partial charge in [0.05, 0.1) is 0 Å². The van der Waals surface area contributed by atoms with Gasteiger partial charge in [0.25, 0.3) is 0 Å². The van der Waals surface area contributed by atoms with Crippen molar-refractivity contribution in [3.63, 3.8) is 0 Å². The zero-order valence-electron chi connectivity index (χ0n) is 77.1. The van der Waals surface area contributed by atoms with Crippen molar-refractivity contribution in [3.8, 4) is 0 Å². The molecule has 0 nitrogen and oxygen atoms in total. The molecule has 122 rings (SSSR count). The van der Waals surface area contributed by atoms with Gasteiger partial charge in [0, 0.05) is 0 Å². The molecule has 141 atom stereocenters. The monoisotopic (exact) mass is 1800 g/mol. The van der Waals surface area contributed by atoms with Crippen LogP contribution in [0.3, 0.4) is 0 Å². The van der Waals surface area contributed by atoms with Gasteiger partial charge in [-0.3, -0.25) is 0 Å². The van der Waals surface area contributed by atoms with Crippen LogP contribution in [0.4, 0.5) is 0 Å². The summed E-state index contributed by atoms with van der Waals surface area (Å²) in [6.45, 7) is 0. The molecule has 122 aliphatic carbocycles. The van der Waals surface area contributed by atoms with E-state index in [0.717, 1.165) is 227 Å². The summed E-state index contributed by atoms with van der Waals surface area (Å²) in [5, 5.41) is 0. The Morgan fingerprint density at radius 3 is 0.486 bits per heavy atom. The van der Waals surface area contributed by atoms with Crippen LogP contribution >= 0.6 is 0 Å². The maximum atomic E-state index is 2.08. The van der Waals surface area contributed by atoms with E-state index < -0.39 is 0 Å². The second-order valence-electron chi connectivity index (χ2n) is 101. The van der Waals surface area contributed by atoms with Gasteiger partial charge in [-0.05, 0) is 816 Å². The molecule has 0 heteroatoms. The highest BCUT2D eigenvalue weighted by Gasteiger charge is 3.99. The lowest BCUT2D eigenvalue weighted by Gasteiger charge is -3.88. The van der Waals surface area contributed by atoms with E-state index in [4.69, 9.17) is 0 Å². The van der Waals surface area contributed by atoms with Gasteiger partial charge in [0.2, 0.25) is 0 Å². The van der Waals surface area contributed by atoms with Gasteiger partial charge in [-0.1, -0.05) is 0 Å². The SMILES string of the molecule is C1CC23CC4C5C6C7C8C9C%10C%11C%12C%13CC%14C%15C%16C%17C%18C%19[C@H]%20C%21C%22C%23CC%24C%25C%26[C@H]%27C%28C%29C%30C%31C%32C%33C1C1C%34C%35C%36C%37C%38C%39C%40C2C2%41C43C53C64C75C86C78C5%42C45C23C23C%40%41C%394C%38%39C%38%40C42C24C35C%423C25C2%41C%42%43C5%44C37C35C%447C%42%44C%42%45C%43%46C2%43C2(C4%41%38)C%404C%37%39[C@@]%36%37C%35%36C%34%35C%331C%321C%31%32C%30%31C%29%30C%29%33C%31%34C%32%31C1%35C%361C%31%32C%34%31C%29%34C%29%35C%33%36C%28%30[C@@]%27%28C%26%27C%25%26C%24%23C%22%23C%26%22C%27%24C%25%26C%22%27C%21%23[C@@]%20%21C%19%20C%18%19C%17%18C%16%17C%15%16C%14%13C%12%13C%16%12C%17%14C%18%15C%16%17C%18%22C%19%15C%20%15C%18%19[C@]%42(C([C@]%45%29[C@]%46%34C%43%31[C@@]%322[C@@]14%37)([C@]%35%25[C@]%36%24%28)[C@@]%19%26[C@@]%15%27%21)[C@@]%44%22C7%16[C@]31C%14%17C%122C%11%13[C@@]%103C96C85[C@]231. The molecule has 122 aliphatic rings. The van der Waals surface area contributed by atoms with Gasteiger partial charge < -0.3 is 0 Å². The Hall–Kier alpha value is 0. The summed E-state index contributed by atoms with van der Waals surface area (Å²) in [6, 6.07) is 0. The summed E-state index contributed by atoms with van der Waals surface area (Å²) in [6.07, 6.45) is 10.2. The minimum atomic E-state index is 0.997. The molecule has 122 fully saturated rings. The van der Waals surface area contributed by atoms with E-state index >= 15 is 0 Å². The molecular formula is C146H50. The van der Waals surface area contributed by atoms with E-state index in [2.05, 4.69) is 12.8 Å². The molecular weight excluding hydrogens is 1750 g/mol. The molecule has 123 unspecified atom stereocenters. The summed E-state index contributed by atoms with van der Waals surface area (Å²) in [5.41, 5.74) is 118. The molecule has 146 heavy (non-hydrogen) atoms. The number of fused-ring (bicyclic) bond motifs is 28. The second kappa shape index (κ2) is 5.63. The quantitative estimate of drug-likeness (QED) is 0.227. The molecule has 0 N–H and O–H groups in total. The molecule has 0 bridgehead atoms. The van der Waals surface area contributed by atoms with Crippen LogP contribution < -0.4 is 0 Å². The van der Waals surface area contributed by atoms with E-state index in [0.29, 0.717) is 0 Å². The molecule has 0 saturated heterocycles. The van der Waals surface area contributed by atoms with Crippen LogP contribution in [0.5, 0.6) is 0 Å². The number of hydrogen-bond acceptors (Lipinski definition) is 0. The van der Waals surface area contributed by atoms with Crippen LogP contribution in [0.25, 0.3) is 0 Å². The van der Waals surface area contributed by atoms with Crippen molar-refractivity contribution in [1.29, 1.82) is 0 Å². The molecule has 122 saturated carbocycles. The molecule has 634 valence electrons. The normalized spacial score (nSPS) is 163. The maximum absolute atomic E-state index is 2.08. The van der Waals surface area contributed by atoms with Crippen LogP contribution in [-0.2, 0) is 0 Å². The van der Waals surface area contributed by atoms with Gasteiger partial charge in [0.1, 0.15) is 0 Å². The summed E-state index contributed by atoms with van der Waals surface area (Å²) < 4.78 is 0. The van der Waals surface area contributed by atoms with Crippen molar-refractivity contribution in [1.82, 2.24) is 0 Å². The lowest BCUT2D eigenvalue weighted by atomic mass is 8.13. The maximum Gasteiger partial charge on any atom is -0.00000000322 e. The highest BCUT2D eigenvalue weighted by Crippen LogP contribution is 4.04. The summed E-state index contributed by atoms with van der Waals surface area (Å²) in [4.78, 5) is 0. The Kier molecular flexibility index (Phi) is 1.66. The molecule has 0 aromatic carbocycles. The second-order valence-corrected chi connectivity index (χ2v) is 101. The zero-order valence-corrected chi connectivity index (χ0v) is 77.1. The lowest BCUT2D eigenvalue weighted by Crippen LogP contribution is -3.84. The van der Waals surface area contributed by atoms with Crippen molar-refractivity contribution in [2.45, 2.75) is 32.1 Å². The Labute approximate surface area is 809 Å². The van der Waals surface area contributed by atoms with Crippen LogP contribution in [0.2, 0.25) is 0 Å². The fourth-order valence-corrected chi connectivity index (χ4v) is 194. The van der Waals surface area contributed by atoms with Crippen LogP contribution in [0, 0.1) is 784 Å². The first-order valence-electron chi connectivity index (χ1n) is 72.8. The molecule has 101 spiro atoms. The van der Waals surface area contributed by atoms with Crippen molar-refractivity contribution in [2.24, 2.45) is 464 Å². The van der Waals surface area contributed by atoms with Gasteiger partial charge in [-0.2, -0.15) is 0 Å². The van der Waals surface area contributed by atoms with Gasteiger partial charge in [-0.25, -0.2) is 0 Å². The fraction of sp³-hybridized carbons (Fsp3) is 1.00. The topological polar surface area (TPSA) is 0 Å². The predicted octanol–water partition coefficient (Wildman–Crippen LogP) is 11.7. The smallest absolute Gasteiger partial charge is 0.00000000322 e. The number of hydrogen-bond donors (Lipinski definition) is 0. The van der Waals surface area contributed by atoms with E-state index in [-0.39, 0.29) is 0 Å². The van der Waals surface area contributed by atoms with Crippen molar-refractivity contribution in [3.05, 3.63) is 319 Å². The first-order chi connectivity index (χ1) is 72.8. The largest absolute Gasteiger partial charge is 0.0493 e. The summed E-state index contributed by atoms with van der Waals surface area (Å²) in [5.74, 6) is 59.3. The van der Waals surface area contributed by atoms with Crippen LogP contribution in [-0.4, -0.2) is 0 Å². The van der Waals surface area contributed by atoms with Crippen molar-refractivity contribution >= 4 is 0 Å². The Morgan fingerprint density at radius 1 is 0.103 bits per heavy atom. The van der Waals surface area contributed by atoms with E-state index in [1.54, 1.807) is 0 Å². The van der Waals surface area contributed by atoms with E-state index in [1.807, 2.05) is 19.3 Å². The van der Waals surface area contributed by atoms with E-state index in [1.165, 1.54) is 556 Å². The van der Waals surface area contributed by atoms with Gasteiger partial charge in [-0.15, -0.1) is 0 Å². The zero-order chi connectivity index (χ0) is 77.1. The fourth-order valence-electron chi connectivity index (χ4n) is 194. The minimum absolute atomic E-state index is 0.997. The Morgan fingerprint density at radius 2 is 0.253 bits per heavy atom. The molecule has 0 amide bonds. The highest BCUT2D eigenvalue weighted by atomic mass is 16.0. The molecule has 0 aromatic heterocycles. The third kappa shape index (κ3) is 0.710. The number of rotatable bonds is 0. The Bertz CT molecular complexity index is 13200. The van der Waals surface area contributed by atoms with Crippen molar-refractivity contribution in [2.75, 3.05) is 0 Å². The highest BCUT2D eigenvalue weighted by molar-refractivity contribution is 7.06. The van der Waals surface area contributed by atoms with Crippen LogP contribution in [0.1, 0.15) is 32.1 Å². The minimum Gasteiger partial charge on any atom is -0.0493 e. The Balaban J connectivity index is 0.524. The summed E-state index contributed by atoms with van der Waals surface area (Å²) >= 11 is 0. The average molecular weight is 1800 g/mol. The first-order valence-corrected chi connectivity index (χ1v) is 72.8. The van der Waals surface area contributed by atoms with Crippen molar-refractivity contribution < 1.29 is 0 Å². The lowest BCUT2D eigenvalue weighted by molar-refractivity contribution is -1.30. The van der Waals surface area contributed by atoms with Gasteiger partial charge in [0.15, 0.2) is 0 Å². The van der Waals surface area contributed by atoms with Gasteiger partial charge >= 0.3 is 0 Å². The third-order valence-corrected chi connectivity index (χ3v) is 143. The predicted molar refractivity (Wildman–Crippen MR) is 456 cm³/mol. The molecule has 0 aliphatic heterocycles. The first kappa shape index (κ1) is 43.1. The summed E-state index contributed by atoms with van der Waals surface area (Å²) in [7, 11) is 0. The average Bonchev–Trinajstić information content (AvgIpc) is 0.384. The standard InChI is InChI=1S/C146H50/c1-2-46-5-11-18-25-32-39-37-30-23-16-9-3-8-15-22-29-36-35-28-21-14-7-4-10-17-24-31-38-40-33-26-19-12-6(1)13-20-27-34-41-42-43-44-45(46)82-50(11,46)57(18)64(25)71(32)78(39)75(37)68(30)61(23)54(16)48(8,9)52(15)59(22)66(29)73(36)72(35)65(28)58(21)51(14)47(7,10)53(17)60(24)67(31)74(38)76(40)69(33)62(26)55(19)49(12,13)56(20)63(27)70(34)77(41)79(42)80(43)81(44,82)94-86(57,82)93(64)101(71)109(78)106(75)98(68)90(61)84(52,54)88(59)96(66)104(73)103(72)95(65)87(58)83(51,53)89(60)97(67)105(74)107(76)99(69)91(62)85(55,56)92(63)100(70)108(77)110(79)102(80,94)122-114(93,94)121(101)129(109)126(106)118(98)112(88,90)116(96)124(104)123(103)115(95)111(87,89)117(97)125(105)127(107)119(99)113(91,92)120(100)128(108)130(110,122)142-134(121,122)141(129)138(126)132(116,118)136(124)135(123)131(115,117)137(125)139(127)133(119,120)140(128,142)145(139)143(135,137)144(136,138)146(141,142)145/h6-45H,1-5H2/t6?,7?,8?,9?,10?,11?,12?,13?,14?,15?,16?,17?,18?,19?,20?,21?,22?,23?,24?,25?,26?,27?,28-,29?,30?,31+,32?,33?,34?,35?,36?,37?,38?,39?,40?,41?,42?,43?,44?,45?,46?,47?,48?,49?,50?,51?,52?,53?,54?,55?,56?,57?,58?,59?,60?,61?,62?,63?,64?,65-,66?,67+,68-,69?,70+,71?,72?,73?,74?,75?,76?,77?,78?,79?,80?,81?,82?,83?,84?,85?,86?,87?,88?,89?,90?,91?,92?,93?,94?,95-,96?,97+,98-,99?,100+,101?,102?,103?,104?,105?,106?,107?,108?,109?,110?,111?,112?,113?,114?,115-,116?,117+,118-,119?,120+,121?,122?,123?,124?,125?,126?,127?,128?,129?,130?,131?,132?,133?,134?,135+,136-,137-,138?,139+,140?,141?,142?,143?,144?,145?,146?/m1/s1. The van der Waals surface area contributed by atoms with Crippen LogP contribution in [0.15, 0.2) is 0 Å².